The fourth-order valence-corrected chi connectivity index (χ4v) is 9.37. The molecule has 6 nitrogen and oxygen atoms in total. The van der Waals surface area contributed by atoms with Gasteiger partial charge in [0.2, 0.25) is 0 Å². The van der Waals surface area contributed by atoms with Gasteiger partial charge in [0.15, 0.2) is 6.10 Å². The summed E-state index contributed by atoms with van der Waals surface area (Å²) in [5.74, 6) is -0.945. The Morgan fingerprint density at radius 2 is 0.513 bits per heavy atom. The minimum atomic E-state index is -0.807. The Kier molecular flexibility index (Phi) is 62.7. The van der Waals surface area contributed by atoms with Crippen LogP contribution in [0.25, 0.3) is 0 Å². The quantitative estimate of drug-likeness (QED) is 0.0261. The maximum atomic E-state index is 12.9. The van der Waals surface area contributed by atoms with Crippen LogP contribution in [-0.2, 0) is 28.6 Å². The fraction of sp³-hybridized carbons (Fsp3) is 0.736. The molecule has 0 aromatic rings. The first kappa shape index (κ1) is 74.3. The minimum absolute atomic E-state index is 0.0972. The highest BCUT2D eigenvalue weighted by molar-refractivity contribution is 5.71. The molecule has 0 saturated carbocycles. The molecule has 0 aliphatic carbocycles. The van der Waals surface area contributed by atoms with Gasteiger partial charge < -0.3 is 14.2 Å². The molecule has 1 atom stereocenters. The first-order valence-electron chi connectivity index (χ1n) is 33.2. The lowest BCUT2D eigenvalue weighted by atomic mass is 10.0. The predicted octanol–water partition coefficient (Wildman–Crippen LogP) is 22.8. The Labute approximate surface area is 483 Å². The van der Waals surface area contributed by atoms with E-state index in [1.54, 1.807) is 0 Å². The predicted molar refractivity (Wildman–Crippen MR) is 339 cm³/mol. The molecule has 0 amide bonds. The van der Waals surface area contributed by atoms with Crippen molar-refractivity contribution >= 4 is 17.9 Å². The maximum absolute atomic E-state index is 12.9. The third-order valence-electron chi connectivity index (χ3n) is 14.3. The van der Waals surface area contributed by atoms with Gasteiger partial charge in [-0.15, -0.1) is 0 Å². The molecule has 0 aliphatic heterocycles. The zero-order chi connectivity index (χ0) is 56.4. The van der Waals surface area contributed by atoms with Crippen molar-refractivity contribution in [2.24, 2.45) is 0 Å². The van der Waals surface area contributed by atoms with E-state index in [1.807, 2.05) is 0 Å². The van der Waals surface area contributed by atoms with Crippen molar-refractivity contribution in [2.45, 2.75) is 329 Å². The number of rotatable bonds is 60. The lowest BCUT2D eigenvalue weighted by molar-refractivity contribution is -0.167. The standard InChI is InChI=1S/C72H124O6/c1-4-7-10-13-16-19-22-25-28-30-31-32-33-34-35-36-37-38-39-40-41-43-44-47-50-53-56-59-62-65-71(74)77-68-69(67-76-70(73)64-61-58-55-52-49-46-27-24-21-18-15-12-9-6-3)78-72(75)66-63-60-57-54-51-48-45-42-29-26-23-20-17-14-11-8-5-2/h8,11,17,20,22,25-26,29-31,33-34,45,48,54,57,69H,4-7,9-10,12-16,18-19,21,23-24,27-28,32,35-44,46-47,49-53,55-56,58-68H2,1-3H3/b11-8-,20-17-,25-22-,29-26-,31-30-,34-33-,48-45-,57-54-. The van der Waals surface area contributed by atoms with Gasteiger partial charge in [-0.1, -0.05) is 304 Å². The van der Waals surface area contributed by atoms with E-state index < -0.39 is 6.10 Å². The molecule has 1 unspecified atom stereocenters. The summed E-state index contributed by atoms with van der Waals surface area (Å²) in [6.07, 6.45) is 88.6. The summed E-state index contributed by atoms with van der Waals surface area (Å²) in [6, 6.07) is 0. The number of ether oxygens (including phenoxy) is 3. The Hall–Kier alpha value is -3.67. The molecule has 0 aliphatic rings. The van der Waals surface area contributed by atoms with E-state index in [1.165, 1.54) is 186 Å². The van der Waals surface area contributed by atoms with Crippen LogP contribution in [0.1, 0.15) is 323 Å². The zero-order valence-electron chi connectivity index (χ0n) is 51.4. The van der Waals surface area contributed by atoms with Crippen molar-refractivity contribution in [1.29, 1.82) is 0 Å². The smallest absolute Gasteiger partial charge is 0.306 e. The van der Waals surface area contributed by atoms with Crippen LogP contribution in [0.5, 0.6) is 0 Å². The van der Waals surface area contributed by atoms with Crippen LogP contribution in [0.2, 0.25) is 0 Å². The molecule has 6 heteroatoms. The molecule has 0 radical (unpaired) electrons. The second-order valence-corrected chi connectivity index (χ2v) is 22.0. The van der Waals surface area contributed by atoms with Crippen LogP contribution < -0.4 is 0 Å². The number of hydrogen-bond acceptors (Lipinski definition) is 6. The lowest BCUT2D eigenvalue weighted by Crippen LogP contribution is -2.30. The van der Waals surface area contributed by atoms with Gasteiger partial charge in [-0.3, -0.25) is 14.4 Å². The summed E-state index contributed by atoms with van der Waals surface area (Å²) in [4.78, 5) is 38.3. The third-order valence-corrected chi connectivity index (χ3v) is 14.3. The molecular formula is C72H124O6. The van der Waals surface area contributed by atoms with E-state index in [9.17, 15) is 14.4 Å². The summed E-state index contributed by atoms with van der Waals surface area (Å²) < 4.78 is 16.9. The highest BCUT2D eigenvalue weighted by atomic mass is 16.6. The van der Waals surface area contributed by atoms with Gasteiger partial charge in [-0.05, 0) is 96.3 Å². The first-order valence-corrected chi connectivity index (χ1v) is 33.2. The second-order valence-electron chi connectivity index (χ2n) is 22.0. The van der Waals surface area contributed by atoms with E-state index in [-0.39, 0.29) is 37.5 Å². The topological polar surface area (TPSA) is 78.9 Å². The van der Waals surface area contributed by atoms with Crippen LogP contribution in [0.4, 0.5) is 0 Å². The molecule has 0 saturated heterocycles. The number of carbonyl (C=O) groups is 3. The number of carbonyl (C=O) groups excluding carboxylic acids is 3. The highest BCUT2D eigenvalue weighted by Crippen LogP contribution is 2.17. The first-order chi connectivity index (χ1) is 38.5. The lowest BCUT2D eigenvalue weighted by Gasteiger charge is -2.18. The molecule has 0 spiro atoms. The Balaban J connectivity index is 4.30. The van der Waals surface area contributed by atoms with Gasteiger partial charge in [0.05, 0.1) is 0 Å². The monoisotopic (exact) mass is 1080 g/mol. The van der Waals surface area contributed by atoms with Crippen LogP contribution in [0.3, 0.4) is 0 Å². The second kappa shape index (κ2) is 65.8. The molecule has 0 fully saturated rings. The number of hydrogen-bond donors (Lipinski definition) is 0. The van der Waals surface area contributed by atoms with Gasteiger partial charge in [0, 0.05) is 19.3 Å². The Morgan fingerprint density at radius 1 is 0.269 bits per heavy atom. The Bertz CT molecular complexity index is 1530. The zero-order valence-corrected chi connectivity index (χ0v) is 51.4. The highest BCUT2D eigenvalue weighted by Gasteiger charge is 2.19. The number of esters is 3. The van der Waals surface area contributed by atoms with Gasteiger partial charge in [-0.25, -0.2) is 0 Å². The van der Waals surface area contributed by atoms with E-state index in [0.29, 0.717) is 19.3 Å². The van der Waals surface area contributed by atoms with Crippen molar-refractivity contribution in [1.82, 2.24) is 0 Å². The van der Waals surface area contributed by atoms with Crippen molar-refractivity contribution in [3.8, 4) is 0 Å². The molecule has 0 N–H and O–H groups in total. The van der Waals surface area contributed by atoms with Crippen LogP contribution in [0.15, 0.2) is 97.2 Å². The van der Waals surface area contributed by atoms with Gasteiger partial charge in [0.1, 0.15) is 13.2 Å². The molecule has 448 valence electrons. The van der Waals surface area contributed by atoms with Crippen molar-refractivity contribution in [3.05, 3.63) is 97.2 Å². The van der Waals surface area contributed by atoms with Crippen molar-refractivity contribution in [3.63, 3.8) is 0 Å². The molecule has 78 heavy (non-hydrogen) atoms. The van der Waals surface area contributed by atoms with Crippen molar-refractivity contribution in [2.75, 3.05) is 13.2 Å². The summed E-state index contributed by atoms with van der Waals surface area (Å²) in [5.41, 5.74) is 0. The van der Waals surface area contributed by atoms with E-state index >= 15 is 0 Å². The van der Waals surface area contributed by atoms with E-state index in [0.717, 1.165) is 89.9 Å². The number of unbranched alkanes of at least 4 members (excludes halogenated alkanes) is 33. The molecule has 0 bridgehead atoms. The van der Waals surface area contributed by atoms with Gasteiger partial charge >= 0.3 is 17.9 Å². The van der Waals surface area contributed by atoms with Crippen LogP contribution >= 0.6 is 0 Å². The summed E-state index contributed by atoms with van der Waals surface area (Å²) in [5, 5.41) is 0. The maximum Gasteiger partial charge on any atom is 0.306 e. The SMILES string of the molecule is CC/C=C\C/C=C\C/C=C\C/C=C\C/C=C\CCCC(=O)OC(COC(=O)CCCCCCCCCCCCCCCC)COC(=O)CCCCCCCCCCCCCCCC/C=C\C/C=C\C/C=C\CCCCCCC. The third kappa shape index (κ3) is 63.2. The minimum Gasteiger partial charge on any atom is -0.462 e. The van der Waals surface area contributed by atoms with E-state index in [2.05, 4.69) is 118 Å². The number of allylic oxidation sites excluding steroid dienone is 16. The van der Waals surface area contributed by atoms with Gasteiger partial charge in [0.25, 0.3) is 0 Å². The molecular weight excluding hydrogens is 961 g/mol. The largest absolute Gasteiger partial charge is 0.462 e. The average Bonchev–Trinajstić information content (AvgIpc) is 3.44. The average molecular weight is 1090 g/mol. The van der Waals surface area contributed by atoms with Crippen LogP contribution in [0, 0.1) is 0 Å². The summed E-state index contributed by atoms with van der Waals surface area (Å²) in [6.45, 7) is 6.50. The summed E-state index contributed by atoms with van der Waals surface area (Å²) in [7, 11) is 0. The van der Waals surface area contributed by atoms with Crippen LogP contribution in [-0.4, -0.2) is 37.2 Å². The Morgan fingerprint density at radius 3 is 0.821 bits per heavy atom. The van der Waals surface area contributed by atoms with Gasteiger partial charge in [-0.2, -0.15) is 0 Å². The summed E-state index contributed by atoms with van der Waals surface area (Å²) >= 11 is 0. The van der Waals surface area contributed by atoms with E-state index in [4.69, 9.17) is 14.2 Å². The van der Waals surface area contributed by atoms with Crippen molar-refractivity contribution < 1.29 is 28.6 Å². The molecule has 0 aromatic carbocycles. The molecule has 0 heterocycles. The normalized spacial score (nSPS) is 12.7. The fourth-order valence-electron chi connectivity index (χ4n) is 9.37. The molecule has 0 aromatic heterocycles. The molecule has 0 rings (SSSR count).